The van der Waals surface area contributed by atoms with Gasteiger partial charge in [0.2, 0.25) is 0 Å². The van der Waals surface area contributed by atoms with Crippen molar-refractivity contribution in [2.24, 2.45) is 0 Å². The zero-order valence-electron chi connectivity index (χ0n) is 9.79. The highest BCUT2D eigenvalue weighted by molar-refractivity contribution is 9.10. The summed E-state index contributed by atoms with van der Waals surface area (Å²) in [6.07, 6.45) is 6.13. The third kappa shape index (κ3) is 2.78. The Kier molecular flexibility index (Phi) is 4.01. The molecule has 2 nitrogen and oxygen atoms in total. The Bertz CT molecular complexity index is 444. The lowest BCUT2D eigenvalue weighted by atomic mass is 9.84. The number of nitrogens with zero attached hydrogens (tertiary/aromatic N) is 1. The number of rotatable bonds is 4. The second kappa shape index (κ2) is 5.32. The number of benzene rings is 1. The van der Waals surface area contributed by atoms with Crippen LogP contribution >= 0.6 is 27.7 Å². The number of nitrogens with one attached hydrogen (secondary N) is 1. The number of nitriles is 1. The number of hydrogen-bond donors (Lipinski definition) is 1. The molecular weight excluding hydrogens is 296 g/mol. The van der Waals surface area contributed by atoms with Crippen LogP contribution in [0.25, 0.3) is 0 Å². The maximum atomic E-state index is 8.80. The Hall–Kier alpha value is -0.660. The summed E-state index contributed by atoms with van der Waals surface area (Å²) in [5.41, 5.74) is 1.76. The largest absolute Gasteiger partial charge is 0.383 e. The molecular formula is C13H15BrN2S. The van der Waals surface area contributed by atoms with Crippen LogP contribution in [-0.2, 0) is 0 Å². The second-order valence-electron chi connectivity index (χ2n) is 4.40. The maximum Gasteiger partial charge on any atom is 0.0992 e. The van der Waals surface area contributed by atoms with Crippen molar-refractivity contribution in [2.75, 3.05) is 18.1 Å². The molecule has 0 saturated heterocycles. The molecule has 0 bridgehead atoms. The minimum absolute atomic E-state index is 0.424. The van der Waals surface area contributed by atoms with Gasteiger partial charge in [0, 0.05) is 21.5 Å². The lowest BCUT2D eigenvalue weighted by molar-refractivity contribution is 0.380. The Morgan fingerprint density at radius 3 is 2.76 bits per heavy atom. The Morgan fingerprint density at radius 2 is 2.29 bits per heavy atom. The molecule has 17 heavy (non-hydrogen) atoms. The average molecular weight is 311 g/mol. The predicted octanol–water partition coefficient (Wildman–Crippen LogP) is 4.02. The van der Waals surface area contributed by atoms with Crippen molar-refractivity contribution < 1.29 is 0 Å². The second-order valence-corrected chi connectivity index (χ2v) is 6.53. The number of anilines is 1. The Balaban J connectivity index is 2.02. The van der Waals surface area contributed by atoms with E-state index in [9.17, 15) is 0 Å². The summed E-state index contributed by atoms with van der Waals surface area (Å²) in [6, 6.07) is 7.81. The minimum Gasteiger partial charge on any atom is -0.383 e. The van der Waals surface area contributed by atoms with E-state index in [0.29, 0.717) is 10.3 Å². The highest BCUT2D eigenvalue weighted by Crippen LogP contribution is 2.43. The van der Waals surface area contributed by atoms with Gasteiger partial charge in [-0.25, -0.2) is 0 Å². The van der Waals surface area contributed by atoms with Gasteiger partial charge in [-0.05, 0) is 53.2 Å². The van der Waals surface area contributed by atoms with Gasteiger partial charge in [0.25, 0.3) is 0 Å². The molecule has 0 amide bonds. The normalized spacial score (nSPS) is 17.0. The van der Waals surface area contributed by atoms with Crippen molar-refractivity contribution in [3.63, 3.8) is 0 Å². The maximum absolute atomic E-state index is 8.80. The molecule has 1 aliphatic carbocycles. The van der Waals surface area contributed by atoms with Gasteiger partial charge >= 0.3 is 0 Å². The molecule has 1 aromatic carbocycles. The lowest BCUT2D eigenvalue weighted by Crippen LogP contribution is -2.40. The quantitative estimate of drug-likeness (QED) is 0.912. The zero-order valence-corrected chi connectivity index (χ0v) is 12.2. The monoisotopic (exact) mass is 310 g/mol. The van der Waals surface area contributed by atoms with Gasteiger partial charge in [0.15, 0.2) is 0 Å². The summed E-state index contributed by atoms with van der Waals surface area (Å²) in [5, 5.41) is 12.3. The van der Waals surface area contributed by atoms with E-state index in [4.69, 9.17) is 5.26 Å². The van der Waals surface area contributed by atoms with Gasteiger partial charge < -0.3 is 5.32 Å². The molecule has 0 aliphatic heterocycles. The molecule has 2 rings (SSSR count). The van der Waals surface area contributed by atoms with Crippen LogP contribution in [0.5, 0.6) is 0 Å². The number of thioether (sulfide) groups is 1. The minimum atomic E-state index is 0.424. The fourth-order valence-electron chi connectivity index (χ4n) is 2.01. The van der Waals surface area contributed by atoms with E-state index < -0.39 is 0 Å². The van der Waals surface area contributed by atoms with Crippen LogP contribution in [0, 0.1) is 11.3 Å². The first-order valence-electron chi connectivity index (χ1n) is 5.68. The molecule has 1 N–H and O–H groups in total. The molecule has 90 valence electrons. The van der Waals surface area contributed by atoms with Crippen molar-refractivity contribution in [3.8, 4) is 6.07 Å². The molecule has 1 aliphatic rings. The fraction of sp³-hybridized carbons (Fsp3) is 0.462. The van der Waals surface area contributed by atoms with Gasteiger partial charge in [0.05, 0.1) is 11.6 Å². The van der Waals surface area contributed by atoms with E-state index >= 15 is 0 Å². The van der Waals surface area contributed by atoms with Crippen LogP contribution in [-0.4, -0.2) is 17.5 Å². The molecule has 1 aromatic rings. The van der Waals surface area contributed by atoms with Crippen LogP contribution in [0.15, 0.2) is 22.7 Å². The SMILES string of the molecule is CSC1(CNc2ccc(C#N)cc2Br)CCC1. The van der Waals surface area contributed by atoms with Crippen molar-refractivity contribution in [3.05, 3.63) is 28.2 Å². The van der Waals surface area contributed by atoms with Gasteiger partial charge in [-0.1, -0.05) is 6.42 Å². The van der Waals surface area contributed by atoms with E-state index in [1.807, 2.05) is 30.0 Å². The van der Waals surface area contributed by atoms with Crippen LogP contribution < -0.4 is 5.32 Å². The predicted molar refractivity (Wildman–Crippen MR) is 77.4 cm³/mol. The van der Waals surface area contributed by atoms with Gasteiger partial charge in [-0.15, -0.1) is 0 Å². The molecule has 0 spiro atoms. The Morgan fingerprint density at radius 1 is 1.53 bits per heavy atom. The highest BCUT2D eigenvalue weighted by Gasteiger charge is 2.35. The van der Waals surface area contributed by atoms with Crippen LogP contribution in [0.3, 0.4) is 0 Å². The molecule has 0 atom stereocenters. The smallest absolute Gasteiger partial charge is 0.0992 e. The lowest BCUT2D eigenvalue weighted by Gasteiger charge is -2.40. The van der Waals surface area contributed by atoms with E-state index in [1.165, 1.54) is 19.3 Å². The summed E-state index contributed by atoms with van der Waals surface area (Å²) in [5.74, 6) is 0. The van der Waals surface area contributed by atoms with E-state index in [2.05, 4.69) is 33.6 Å². The summed E-state index contributed by atoms with van der Waals surface area (Å²) in [4.78, 5) is 0. The highest BCUT2D eigenvalue weighted by atomic mass is 79.9. The van der Waals surface area contributed by atoms with Crippen LogP contribution in [0.2, 0.25) is 0 Å². The summed E-state index contributed by atoms with van der Waals surface area (Å²) in [6.45, 7) is 0.999. The van der Waals surface area contributed by atoms with E-state index in [-0.39, 0.29) is 0 Å². The molecule has 1 saturated carbocycles. The standard InChI is InChI=1S/C13H15BrN2S/c1-17-13(5-2-6-13)9-16-12-4-3-10(8-15)7-11(12)14/h3-4,7,16H,2,5-6,9H2,1H3. The van der Waals surface area contributed by atoms with Gasteiger partial charge in [-0.2, -0.15) is 17.0 Å². The van der Waals surface area contributed by atoms with Crippen molar-refractivity contribution in [1.29, 1.82) is 5.26 Å². The van der Waals surface area contributed by atoms with Crippen molar-refractivity contribution in [1.82, 2.24) is 0 Å². The topological polar surface area (TPSA) is 35.8 Å². The molecule has 1 fully saturated rings. The first-order chi connectivity index (χ1) is 8.19. The number of hydrogen-bond acceptors (Lipinski definition) is 3. The summed E-state index contributed by atoms with van der Waals surface area (Å²) >= 11 is 5.46. The van der Waals surface area contributed by atoms with Gasteiger partial charge in [-0.3, -0.25) is 0 Å². The Labute approximate surface area is 115 Å². The van der Waals surface area contributed by atoms with Crippen LogP contribution in [0.4, 0.5) is 5.69 Å². The molecule has 0 aromatic heterocycles. The third-order valence-electron chi connectivity index (χ3n) is 3.40. The van der Waals surface area contributed by atoms with Crippen molar-refractivity contribution in [2.45, 2.75) is 24.0 Å². The first kappa shape index (κ1) is 12.8. The molecule has 0 unspecified atom stereocenters. The molecule has 0 radical (unpaired) electrons. The molecule has 0 heterocycles. The number of halogens is 1. The zero-order chi connectivity index (χ0) is 12.3. The fourth-order valence-corrected chi connectivity index (χ4v) is 3.44. The van der Waals surface area contributed by atoms with Crippen molar-refractivity contribution >= 4 is 33.4 Å². The van der Waals surface area contributed by atoms with E-state index in [1.54, 1.807) is 0 Å². The summed E-state index contributed by atoms with van der Waals surface area (Å²) < 4.78 is 1.39. The average Bonchev–Trinajstić information content (AvgIpc) is 2.30. The summed E-state index contributed by atoms with van der Waals surface area (Å²) in [7, 11) is 0. The first-order valence-corrected chi connectivity index (χ1v) is 7.69. The van der Waals surface area contributed by atoms with Crippen LogP contribution in [0.1, 0.15) is 24.8 Å². The van der Waals surface area contributed by atoms with Gasteiger partial charge in [0.1, 0.15) is 0 Å². The van der Waals surface area contributed by atoms with E-state index in [0.717, 1.165) is 16.7 Å². The molecule has 4 heteroatoms. The third-order valence-corrected chi connectivity index (χ3v) is 5.47.